The summed E-state index contributed by atoms with van der Waals surface area (Å²) in [5.41, 5.74) is 2.60. The van der Waals surface area contributed by atoms with Gasteiger partial charge in [0.1, 0.15) is 30.6 Å². The third-order valence-corrected chi connectivity index (χ3v) is 5.14. The van der Waals surface area contributed by atoms with Gasteiger partial charge in [0, 0.05) is 31.4 Å². The number of aliphatic imine (C=N–C) groups is 1. The maximum atomic E-state index is 5.64. The van der Waals surface area contributed by atoms with Crippen LogP contribution in [-0.4, -0.2) is 51.0 Å². The van der Waals surface area contributed by atoms with Crippen molar-refractivity contribution in [2.45, 2.75) is 39.0 Å². The van der Waals surface area contributed by atoms with Crippen LogP contribution in [0.1, 0.15) is 39.0 Å². The topological polar surface area (TPSA) is 46.1 Å². The molecule has 0 saturated carbocycles. The normalized spacial score (nSPS) is 21.6. The molecular formula is C23H33N3O2. The molecule has 0 spiro atoms. The van der Waals surface area contributed by atoms with E-state index in [1.165, 1.54) is 49.3 Å². The fourth-order valence-corrected chi connectivity index (χ4v) is 3.57. The van der Waals surface area contributed by atoms with Crippen LogP contribution in [0.4, 0.5) is 0 Å². The van der Waals surface area contributed by atoms with Gasteiger partial charge in [-0.05, 0) is 57.9 Å². The van der Waals surface area contributed by atoms with Crippen LogP contribution in [0, 0.1) is 0 Å². The van der Waals surface area contributed by atoms with E-state index in [1.54, 1.807) is 0 Å². The first-order valence-corrected chi connectivity index (χ1v) is 10.4. The Morgan fingerprint density at radius 2 is 1.93 bits per heavy atom. The summed E-state index contributed by atoms with van der Waals surface area (Å²) in [5.74, 6) is 3.22. The number of hydrogen-bond acceptors (Lipinski definition) is 5. The summed E-state index contributed by atoms with van der Waals surface area (Å²) in [6.07, 6.45) is 18.2. The van der Waals surface area contributed by atoms with E-state index < -0.39 is 0 Å². The Kier molecular flexibility index (Phi) is 7.97. The highest BCUT2D eigenvalue weighted by molar-refractivity contribution is 5.73. The molecule has 5 nitrogen and oxygen atoms in total. The monoisotopic (exact) mass is 383 g/mol. The zero-order valence-electron chi connectivity index (χ0n) is 17.2. The Hall–Kier alpha value is -2.27. The van der Waals surface area contributed by atoms with E-state index in [4.69, 9.17) is 9.47 Å². The van der Waals surface area contributed by atoms with Crippen molar-refractivity contribution in [1.29, 1.82) is 0 Å². The highest BCUT2D eigenvalue weighted by atomic mass is 16.5. The lowest BCUT2D eigenvalue weighted by Crippen LogP contribution is -2.28. The van der Waals surface area contributed by atoms with Crippen LogP contribution in [-0.2, 0) is 9.47 Å². The number of ether oxygens (including phenoxy) is 2. The standard InChI is InChI=1S/C12H18N2.C11H15NO2/c1-11-5-6-12(13-8-7-11)14-9-3-2-4-10-14;1-12-8-9-3-2-4-10-7-11(9)14-6-5-13-10/h6-8H,2-5,9-10H2,1H3;2-4,12H,5-8H2,1H3. The van der Waals surface area contributed by atoms with E-state index in [2.05, 4.69) is 40.4 Å². The number of rotatable bonds is 3. The second kappa shape index (κ2) is 10.9. The molecule has 2 fully saturated rings. The largest absolute Gasteiger partial charge is 0.494 e. The first-order chi connectivity index (χ1) is 13.8. The van der Waals surface area contributed by atoms with E-state index in [9.17, 15) is 0 Å². The van der Waals surface area contributed by atoms with Crippen LogP contribution in [0.25, 0.3) is 0 Å². The highest BCUT2D eigenvalue weighted by Gasteiger charge is 2.15. The van der Waals surface area contributed by atoms with Crippen molar-refractivity contribution in [2.75, 3.05) is 39.9 Å². The molecule has 0 radical (unpaired) electrons. The number of likely N-dealkylation sites (tertiary alicyclic amines) is 1. The van der Waals surface area contributed by atoms with Crippen LogP contribution in [0.2, 0.25) is 0 Å². The molecule has 3 aliphatic heterocycles. The first kappa shape index (κ1) is 20.5. The number of hydrogen-bond donors (Lipinski definition) is 1. The van der Waals surface area contributed by atoms with Gasteiger partial charge in [0.15, 0.2) is 0 Å². The average molecular weight is 384 g/mol. The maximum absolute atomic E-state index is 5.64. The lowest BCUT2D eigenvalue weighted by atomic mass is 10.1. The number of nitrogens with one attached hydrogen (secondary N) is 1. The van der Waals surface area contributed by atoms with Crippen LogP contribution < -0.4 is 5.32 Å². The summed E-state index contributed by atoms with van der Waals surface area (Å²) in [7, 11) is 1.94. The quantitative estimate of drug-likeness (QED) is 0.797. The van der Waals surface area contributed by atoms with E-state index in [0.717, 1.165) is 30.9 Å². The minimum atomic E-state index is 0.647. The predicted octanol–water partition coefficient (Wildman–Crippen LogP) is 4.09. The molecular weight excluding hydrogens is 350 g/mol. The second-order valence-corrected chi connectivity index (χ2v) is 7.45. The summed E-state index contributed by atoms with van der Waals surface area (Å²) in [6.45, 7) is 6.66. The Balaban J connectivity index is 0.000000161. The Morgan fingerprint density at radius 1 is 1.11 bits per heavy atom. The molecule has 3 heterocycles. The maximum Gasteiger partial charge on any atom is 0.124 e. The molecule has 1 N–H and O–H groups in total. The van der Waals surface area contributed by atoms with Gasteiger partial charge >= 0.3 is 0 Å². The van der Waals surface area contributed by atoms with Crippen molar-refractivity contribution in [2.24, 2.45) is 4.99 Å². The van der Waals surface area contributed by atoms with Crippen LogP contribution in [0.3, 0.4) is 0 Å². The molecule has 0 amide bonds. The molecule has 2 bridgehead atoms. The molecule has 0 atom stereocenters. The first-order valence-electron chi connectivity index (χ1n) is 10.4. The molecule has 1 aliphatic carbocycles. The van der Waals surface area contributed by atoms with Gasteiger partial charge in [-0.3, -0.25) is 0 Å². The molecule has 4 rings (SSSR count). The van der Waals surface area contributed by atoms with E-state index in [0.29, 0.717) is 13.2 Å². The minimum Gasteiger partial charge on any atom is -0.494 e. The average Bonchev–Trinajstić information content (AvgIpc) is 3.17. The third kappa shape index (κ3) is 6.13. The summed E-state index contributed by atoms with van der Waals surface area (Å²) >= 11 is 0. The summed E-state index contributed by atoms with van der Waals surface area (Å²) < 4.78 is 11.2. The fourth-order valence-electron chi connectivity index (χ4n) is 3.57. The van der Waals surface area contributed by atoms with Crippen molar-refractivity contribution in [1.82, 2.24) is 10.2 Å². The second-order valence-electron chi connectivity index (χ2n) is 7.45. The number of fused-ring (bicyclic) bond motifs is 2. The van der Waals surface area contributed by atoms with Crippen molar-refractivity contribution >= 4 is 6.21 Å². The Labute approximate surface area is 169 Å². The summed E-state index contributed by atoms with van der Waals surface area (Å²) in [5, 5.41) is 3.14. The minimum absolute atomic E-state index is 0.647. The van der Waals surface area contributed by atoms with Gasteiger partial charge in [-0.2, -0.15) is 0 Å². The number of nitrogens with zero attached hydrogens (tertiary/aromatic N) is 2. The van der Waals surface area contributed by atoms with Gasteiger partial charge in [0.2, 0.25) is 0 Å². The summed E-state index contributed by atoms with van der Waals surface area (Å²) in [6, 6.07) is 0. The van der Waals surface area contributed by atoms with Crippen molar-refractivity contribution in [3.8, 4) is 0 Å². The number of piperidine rings is 1. The number of allylic oxidation sites excluding steroid dienone is 5. The van der Waals surface area contributed by atoms with E-state index >= 15 is 0 Å². The number of likely N-dealkylation sites (N-methyl/N-ethyl adjacent to an activating group) is 1. The van der Waals surface area contributed by atoms with Crippen molar-refractivity contribution < 1.29 is 9.47 Å². The molecule has 0 aromatic carbocycles. The molecule has 4 aliphatic rings. The van der Waals surface area contributed by atoms with Gasteiger partial charge in [-0.25, -0.2) is 4.99 Å². The van der Waals surface area contributed by atoms with Gasteiger partial charge in [0.05, 0.1) is 6.42 Å². The van der Waals surface area contributed by atoms with Crippen molar-refractivity contribution in [3.05, 3.63) is 58.9 Å². The van der Waals surface area contributed by atoms with E-state index in [-0.39, 0.29) is 0 Å². The van der Waals surface area contributed by atoms with Gasteiger partial charge in [-0.1, -0.05) is 17.7 Å². The molecule has 28 heavy (non-hydrogen) atoms. The summed E-state index contributed by atoms with van der Waals surface area (Å²) in [4.78, 5) is 6.89. The van der Waals surface area contributed by atoms with Gasteiger partial charge < -0.3 is 19.7 Å². The lowest BCUT2D eigenvalue weighted by Gasteiger charge is -2.28. The van der Waals surface area contributed by atoms with Crippen molar-refractivity contribution in [3.63, 3.8) is 0 Å². The SMILES string of the molecule is CC1=CC=NC(N2CCCCC2)=CC1.CNCC1=C2CC(=CC=C1)OCCO2. The molecule has 152 valence electrons. The Morgan fingerprint density at radius 3 is 2.75 bits per heavy atom. The smallest absolute Gasteiger partial charge is 0.124 e. The van der Waals surface area contributed by atoms with Crippen LogP contribution >= 0.6 is 0 Å². The fraction of sp³-hybridized carbons (Fsp3) is 0.522. The Bertz CT molecular complexity index is 707. The molecule has 0 aromatic heterocycles. The molecule has 5 heteroatoms. The van der Waals surface area contributed by atoms with Gasteiger partial charge in [0.25, 0.3) is 0 Å². The van der Waals surface area contributed by atoms with Gasteiger partial charge in [-0.15, -0.1) is 0 Å². The predicted molar refractivity (Wildman–Crippen MR) is 115 cm³/mol. The third-order valence-electron chi connectivity index (χ3n) is 5.14. The van der Waals surface area contributed by atoms with Crippen LogP contribution in [0.5, 0.6) is 0 Å². The molecule has 2 saturated heterocycles. The van der Waals surface area contributed by atoms with E-state index in [1.807, 2.05) is 25.4 Å². The molecule has 0 aromatic rings. The highest BCUT2D eigenvalue weighted by Crippen LogP contribution is 2.24. The van der Waals surface area contributed by atoms with Crippen LogP contribution in [0.15, 0.2) is 63.9 Å². The zero-order valence-corrected chi connectivity index (χ0v) is 17.2. The zero-order chi connectivity index (χ0) is 19.6. The molecule has 0 unspecified atom stereocenters. The lowest BCUT2D eigenvalue weighted by molar-refractivity contribution is 0.148.